The summed E-state index contributed by atoms with van der Waals surface area (Å²) < 4.78 is 0. The second kappa shape index (κ2) is 22.1. The molecule has 0 saturated carbocycles. The van der Waals surface area contributed by atoms with Gasteiger partial charge in [-0.2, -0.15) is 0 Å². The molecule has 0 unspecified atom stereocenters. The molecule has 0 amide bonds. The molecule has 4 saturated heterocycles. The molecular weight excluding hydrogens is 782 g/mol. The molecule has 57 heavy (non-hydrogen) atoms. The van der Waals surface area contributed by atoms with Gasteiger partial charge >= 0.3 is 33.2 Å². The van der Waals surface area contributed by atoms with E-state index in [1.54, 1.807) is 0 Å². The summed E-state index contributed by atoms with van der Waals surface area (Å²) in [7, 11) is 9.47. The summed E-state index contributed by atoms with van der Waals surface area (Å²) in [5.41, 5.74) is 11.7. The molecule has 0 radical (unpaired) electrons. The summed E-state index contributed by atoms with van der Waals surface area (Å²) in [4.78, 5) is 16.1. The molecule has 3 aromatic rings. The van der Waals surface area contributed by atoms with Gasteiger partial charge in [-0.1, -0.05) is 196 Å². The van der Waals surface area contributed by atoms with Gasteiger partial charge in [0.25, 0.3) is 0 Å². The van der Waals surface area contributed by atoms with Gasteiger partial charge in [-0.25, -0.2) is 4.98 Å². The van der Waals surface area contributed by atoms with Crippen LogP contribution in [0.15, 0.2) is 64.6 Å². The van der Waals surface area contributed by atoms with E-state index in [4.69, 9.17) is 35.3 Å². The average molecular weight is 852 g/mol. The minimum absolute atomic E-state index is 0.382. The van der Waals surface area contributed by atoms with E-state index in [0.717, 1.165) is 72.3 Å². The number of benzene rings is 2. The van der Waals surface area contributed by atoms with E-state index >= 15 is 0 Å². The topological polar surface area (TPSA) is 37.6 Å². The number of para-hydroxylation sites is 2. The molecule has 0 aliphatic carbocycles. The molecule has 0 atom stereocenters. The van der Waals surface area contributed by atoms with Crippen molar-refractivity contribution in [2.45, 2.75) is 192 Å². The van der Waals surface area contributed by atoms with Crippen LogP contribution in [0, 0.1) is 0 Å². The van der Waals surface area contributed by atoms with Crippen molar-refractivity contribution >= 4 is 56.5 Å². The predicted molar refractivity (Wildman–Crippen MR) is 249 cm³/mol. The molecule has 1 aromatic heterocycles. The second-order valence-corrected chi connectivity index (χ2v) is 20.5. The molecule has 4 fully saturated rings. The average Bonchev–Trinajstić information content (AvgIpc) is 3.19. The standard InChI is InChI=1S/C49H69B2N3.2ClH.Co/c1-34(2)44-28-7-16-38(18-14-32-50-40-20-9-21-41(50)23-10-22-40)48(44)52-36(5)46-30-13-31-47(54-46)37(6)53-49-39(17-8-29-45(49)35(3)4)19-15-33-51-42-24-11-25-43(51)27-12-26-42;;;/h7-8,13,16-17,28-31,34-35,40-43H,9-12,14-15,18-27,32-33H2,1-6H3;2*1H;/q;;;+2/p-2. The molecular formula is C49H69B2Cl2CoN3. The first-order valence-corrected chi connectivity index (χ1v) is 25.7. The summed E-state index contributed by atoms with van der Waals surface area (Å²) in [6.07, 6.45) is 25.2. The zero-order valence-corrected chi connectivity index (χ0v) is 38.5. The number of hydrogen-bond acceptors (Lipinski definition) is 3. The van der Waals surface area contributed by atoms with Crippen LogP contribution in [0.5, 0.6) is 0 Å². The van der Waals surface area contributed by atoms with Crippen molar-refractivity contribution in [2.24, 2.45) is 9.98 Å². The number of rotatable bonds is 14. The Hall–Kier alpha value is -1.85. The molecule has 5 heterocycles. The molecule has 7 rings (SSSR count). The quantitative estimate of drug-likeness (QED) is 0.118. The van der Waals surface area contributed by atoms with Crippen LogP contribution in [0.4, 0.5) is 11.4 Å². The fourth-order valence-electron chi connectivity index (χ4n) is 11.7. The summed E-state index contributed by atoms with van der Waals surface area (Å²) >= 11 is 0.382. The first kappa shape index (κ1) is 44.7. The minimum atomic E-state index is 0.382. The van der Waals surface area contributed by atoms with Crippen molar-refractivity contribution in [3.05, 3.63) is 88.2 Å². The third-order valence-electron chi connectivity index (χ3n) is 14.6. The number of nitrogens with zero attached hydrogens (tertiary/aromatic N) is 3. The number of aryl methyl sites for hydroxylation is 2. The van der Waals surface area contributed by atoms with Crippen molar-refractivity contribution in [1.29, 1.82) is 0 Å². The zero-order valence-electron chi connectivity index (χ0n) is 36.0. The van der Waals surface area contributed by atoms with Gasteiger partial charge in [0.05, 0.1) is 34.2 Å². The van der Waals surface area contributed by atoms with Gasteiger partial charge in [0.15, 0.2) is 0 Å². The van der Waals surface area contributed by atoms with Gasteiger partial charge < -0.3 is 0 Å². The van der Waals surface area contributed by atoms with E-state index < -0.39 is 0 Å². The SMILES string of the molecule is CC(=Nc1c(CCCB2C3CCCC2CCC3)cccc1C(C)C)c1cccc(C(C)=Nc2c(CCCB3C4CCCC3CCC4)cccc2C(C)C)n1.[Cl][Co][Cl]. The molecule has 0 spiro atoms. The Morgan fingerprint density at radius 1 is 0.596 bits per heavy atom. The molecule has 309 valence electrons. The maximum atomic E-state index is 5.42. The van der Waals surface area contributed by atoms with Crippen molar-refractivity contribution in [3.8, 4) is 0 Å². The van der Waals surface area contributed by atoms with Gasteiger partial charge in [-0.3, -0.25) is 9.98 Å². The zero-order chi connectivity index (χ0) is 40.3. The Kier molecular flexibility index (Phi) is 17.3. The summed E-state index contributed by atoms with van der Waals surface area (Å²) in [6.45, 7) is 15.4. The van der Waals surface area contributed by atoms with E-state index in [0.29, 0.717) is 24.7 Å². The molecule has 2 aromatic carbocycles. The number of aliphatic imine (C=N–C) groups is 2. The van der Waals surface area contributed by atoms with E-state index in [9.17, 15) is 0 Å². The van der Waals surface area contributed by atoms with Crippen LogP contribution in [0.1, 0.15) is 177 Å². The van der Waals surface area contributed by atoms with Crippen molar-refractivity contribution in [3.63, 3.8) is 0 Å². The van der Waals surface area contributed by atoms with Crippen molar-refractivity contribution < 1.29 is 12.9 Å². The Morgan fingerprint density at radius 3 is 1.26 bits per heavy atom. The first-order valence-electron chi connectivity index (χ1n) is 22.8. The van der Waals surface area contributed by atoms with Crippen LogP contribution >= 0.6 is 20.3 Å². The monoisotopic (exact) mass is 850 g/mol. The number of pyridine rings is 1. The number of halogens is 2. The number of fused-ring (bicyclic) bond motifs is 4. The molecule has 4 aliphatic heterocycles. The summed E-state index contributed by atoms with van der Waals surface area (Å²) in [5, 5.41) is 0. The van der Waals surface area contributed by atoms with Gasteiger partial charge in [0.1, 0.15) is 13.4 Å². The van der Waals surface area contributed by atoms with Crippen molar-refractivity contribution in [1.82, 2.24) is 4.98 Å². The molecule has 8 heteroatoms. The fourth-order valence-corrected chi connectivity index (χ4v) is 11.7. The third-order valence-corrected chi connectivity index (χ3v) is 14.6. The third kappa shape index (κ3) is 11.7. The van der Waals surface area contributed by atoms with Gasteiger partial charge in [-0.05, 0) is 72.9 Å². The van der Waals surface area contributed by atoms with Gasteiger partial charge in [0, 0.05) is 0 Å². The first-order chi connectivity index (χ1) is 27.7. The van der Waals surface area contributed by atoms with Crippen LogP contribution in [0.25, 0.3) is 0 Å². The molecule has 0 N–H and O–H groups in total. The molecule has 4 aliphatic rings. The van der Waals surface area contributed by atoms with Crippen LogP contribution in [-0.2, 0) is 25.7 Å². The Morgan fingerprint density at radius 2 is 0.930 bits per heavy atom. The van der Waals surface area contributed by atoms with E-state index in [1.807, 2.05) is 0 Å². The van der Waals surface area contributed by atoms with Gasteiger partial charge in [0.2, 0.25) is 0 Å². The fraction of sp³-hybridized carbons (Fsp3) is 0.612. The molecule has 3 nitrogen and oxygen atoms in total. The number of hydrogen-bond donors (Lipinski definition) is 0. The van der Waals surface area contributed by atoms with Crippen LogP contribution < -0.4 is 0 Å². The van der Waals surface area contributed by atoms with E-state index in [1.165, 1.54) is 136 Å². The summed E-state index contributed by atoms with van der Waals surface area (Å²) in [5.74, 6) is 4.78. The number of aromatic nitrogens is 1. The van der Waals surface area contributed by atoms with Crippen LogP contribution in [0.2, 0.25) is 35.9 Å². The summed E-state index contributed by atoms with van der Waals surface area (Å²) in [6, 6.07) is 20.2. The Labute approximate surface area is 362 Å². The van der Waals surface area contributed by atoms with E-state index in [-0.39, 0.29) is 0 Å². The van der Waals surface area contributed by atoms with Crippen LogP contribution in [-0.4, -0.2) is 29.8 Å². The second-order valence-electron chi connectivity index (χ2n) is 18.7. The maximum absolute atomic E-state index is 5.42. The van der Waals surface area contributed by atoms with E-state index in [2.05, 4.69) is 96.1 Å². The molecule has 4 bridgehead atoms. The van der Waals surface area contributed by atoms with Gasteiger partial charge in [-0.15, -0.1) is 0 Å². The Bertz CT molecular complexity index is 1640. The normalized spacial score (nSPS) is 22.6. The Balaban J connectivity index is 0.00000177. The van der Waals surface area contributed by atoms with Crippen molar-refractivity contribution in [2.75, 3.05) is 0 Å². The predicted octanol–water partition coefficient (Wildman–Crippen LogP) is 16.1. The van der Waals surface area contributed by atoms with Crippen LogP contribution in [0.3, 0.4) is 0 Å².